The minimum absolute atomic E-state index is 0.0385. The predicted molar refractivity (Wildman–Crippen MR) is 373 cm³/mol. The molecule has 0 N–H and O–H groups in total. The van der Waals surface area contributed by atoms with Gasteiger partial charge in [0, 0.05) is 51.9 Å². The normalized spacial score (nSPS) is 21.2. The van der Waals surface area contributed by atoms with Crippen LogP contribution in [-0.2, 0) is 58.5 Å². The van der Waals surface area contributed by atoms with Gasteiger partial charge in [-0.25, -0.2) is 33.7 Å². The van der Waals surface area contributed by atoms with Crippen molar-refractivity contribution >= 4 is 63.0 Å². The molecule has 0 aromatic heterocycles. The molecule has 8 aromatic rings. The summed E-state index contributed by atoms with van der Waals surface area (Å²) < 4.78 is 105. The van der Waals surface area contributed by atoms with Gasteiger partial charge in [0.15, 0.2) is 39.3 Å². The lowest BCUT2D eigenvalue weighted by atomic mass is 10.0. The number of sulfone groups is 4. The van der Waals surface area contributed by atoms with Crippen molar-refractivity contribution < 1.29 is 52.8 Å². The minimum Gasteiger partial charge on any atom is -0.334 e. The molecule has 12 rings (SSSR count). The summed E-state index contributed by atoms with van der Waals surface area (Å²) >= 11 is 0. The van der Waals surface area contributed by atoms with E-state index in [-0.39, 0.29) is 68.9 Å². The Morgan fingerprint density at radius 3 is 0.542 bits per heavy atom. The quantitative estimate of drug-likeness (QED) is 0.0696. The van der Waals surface area contributed by atoms with Gasteiger partial charge in [0.05, 0.1) is 64.7 Å². The Hall–Kier alpha value is -8.56. The highest BCUT2D eigenvalue weighted by Crippen LogP contribution is 2.44. The number of benzene rings is 8. The van der Waals surface area contributed by atoms with Crippen LogP contribution in [0.1, 0.15) is 125 Å². The fourth-order valence-electron chi connectivity index (χ4n) is 13.5. The lowest BCUT2D eigenvalue weighted by Crippen LogP contribution is -2.33. The van der Waals surface area contributed by atoms with Crippen molar-refractivity contribution in [1.82, 2.24) is 19.6 Å². The summed E-state index contributed by atoms with van der Waals surface area (Å²) in [7, 11) is -14.3. The second kappa shape index (κ2) is 32.5. The van der Waals surface area contributed by atoms with Crippen molar-refractivity contribution in [2.75, 3.05) is 26.2 Å². The molecule has 0 bridgehead atoms. The first-order valence-corrected chi connectivity index (χ1v) is 38.9. The maximum atomic E-state index is 13.1. The van der Waals surface area contributed by atoms with Gasteiger partial charge < -0.3 is 19.6 Å². The van der Waals surface area contributed by atoms with E-state index in [0.29, 0.717) is 26.2 Å². The fraction of sp³-hybridized carbons (Fsp3) is 0.316. The first-order valence-electron chi connectivity index (χ1n) is 32.8. The molecule has 4 saturated heterocycles. The van der Waals surface area contributed by atoms with Crippen molar-refractivity contribution in [3.05, 3.63) is 265 Å². The number of nitrogens with zero attached hydrogens (tertiary/aromatic N) is 4. The molecule has 0 spiro atoms. The molecule has 20 heteroatoms. The fourth-order valence-corrected chi connectivity index (χ4v) is 21.0. The zero-order valence-corrected chi connectivity index (χ0v) is 57.8. The van der Waals surface area contributed by atoms with Crippen LogP contribution in [0.15, 0.2) is 262 Å². The van der Waals surface area contributed by atoms with Crippen LogP contribution >= 0.6 is 0 Å². The summed E-state index contributed by atoms with van der Waals surface area (Å²) in [4.78, 5) is 58.0. The SMILES string of the molecule is CCCN1C(=O)C[C@H](S(=O)(=O)c2ccccc2)[C@H]1c1ccccc1.CCCN1C(=O)C[C@H](S(=O)(=O)c2ccccc2)[C@H]1c1ccccc1.CCCN1C(=O)C[C@H](S(=O)(=O)c2ccccc2)[C@H]1c1ccccc1.CCCN1C(=O)C[C@H](S(=O)(=O)c2ccccc2)[C@H]1c1ccccc1. The van der Waals surface area contributed by atoms with Crippen LogP contribution in [0.3, 0.4) is 0 Å². The van der Waals surface area contributed by atoms with Gasteiger partial charge in [0.25, 0.3) is 0 Å². The monoisotopic (exact) mass is 1370 g/mol. The number of hydrogen-bond donors (Lipinski definition) is 0. The van der Waals surface area contributed by atoms with Gasteiger partial charge in [-0.1, -0.05) is 222 Å². The summed E-state index contributed by atoms with van der Waals surface area (Å²) in [6.07, 6.45) is 3.35. The second-order valence-electron chi connectivity index (χ2n) is 24.2. The van der Waals surface area contributed by atoms with E-state index in [1.807, 2.05) is 149 Å². The molecule has 8 aromatic carbocycles. The summed E-state index contributed by atoms with van der Waals surface area (Å²) in [6.45, 7) is 10.3. The summed E-state index contributed by atoms with van der Waals surface area (Å²) in [5, 5.41) is -3.00. The third-order valence-corrected chi connectivity index (χ3v) is 26.4. The maximum absolute atomic E-state index is 13.1. The van der Waals surface area contributed by atoms with Crippen LogP contribution < -0.4 is 0 Å². The zero-order chi connectivity index (χ0) is 68.6. The lowest BCUT2D eigenvalue weighted by Gasteiger charge is -2.28. The summed E-state index contributed by atoms with van der Waals surface area (Å²) in [5.41, 5.74) is 3.50. The van der Waals surface area contributed by atoms with Crippen molar-refractivity contribution in [2.24, 2.45) is 0 Å². The Labute approximate surface area is 566 Å². The molecule has 4 aliphatic heterocycles. The first kappa shape index (κ1) is 71.7. The van der Waals surface area contributed by atoms with Crippen molar-refractivity contribution in [1.29, 1.82) is 0 Å². The molecular formula is C76H84N4O12S4. The first-order chi connectivity index (χ1) is 46.2. The van der Waals surface area contributed by atoms with E-state index in [9.17, 15) is 52.8 Å². The van der Waals surface area contributed by atoms with Crippen LogP contribution in [0, 0.1) is 0 Å². The van der Waals surface area contributed by atoms with Crippen LogP contribution in [0.4, 0.5) is 0 Å². The van der Waals surface area contributed by atoms with Gasteiger partial charge in [-0.05, 0) is 96.5 Å². The van der Waals surface area contributed by atoms with E-state index in [0.717, 1.165) is 47.9 Å². The Morgan fingerprint density at radius 2 is 0.396 bits per heavy atom. The highest BCUT2D eigenvalue weighted by Gasteiger charge is 2.51. The van der Waals surface area contributed by atoms with Crippen molar-refractivity contribution in [2.45, 2.75) is 144 Å². The van der Waals surface area contributed by atoms with Gasteiger partial charge in [0.1, 0.15) is 0 Å². The average molecular weight is 1370 g/mol. The van der Waals surface area contributed by atoms with Crippen LogP contribution in [0.5, 0.6) is 0 Å². The molecular weight excluding hydrogens is 1290 g/mol. The molecule has 4 heterocycles. The van der Waals surface area contributed by atoms with E-state index in [4.69, 9.17) is 0 Å². The third kappa shape index (κ3) is 15.9. The maximum Gasteiger partial charge on any atom is 0.224 e. The molecule has 8 atom stereocenters. The van der Waals surface area contributed by atoms with Crippen LogP contribution in [0.2, 0.25) is 0 Å². The van der Waals surface area contributed by atoms with Gasteiger partial charge in [-0.3, -0.25) is 19.2 Å². The average Bonchev–Trinajstić information content (AvgIpc) is 1.60. The Balaban J connectivity index is 0.000000150. The largest absolute Gasteiger partial charge is 0.334 e. The van der Waals surface area contributed by atoms with E-state index in [2.05, 4.69) is 0 Å². The number of carbonyl (C=O) groups is 4. The van der Waals surface area contributed by atoms with Crippen molar-refractivity contribution in [3.63, 3.8) is 0 Å². The summed E-state index contributed by atoms with van der Waals surface area (Å²) in [6, 6.07) is 69.8. The number of carbonyl (C=O) groups excluding carboxylic acids is 4. The van der Waals surface area contributed by atoms with Gasteiger partial charge in [0.2, 0.25) is 23.6 Å². The zero-order valence-electron chi connectivity index (χ0n) is 54.5. The Bertz CT molecular complexity index is 3780. The second-order valence-corrected chi connectivity index (χ2v) is 32.8. The molecule has 504 valence electrons. The van der Waals surface area contributed by atoms with Gasteiger partial charge in [-0.2, -0.15) is 0 Å². The van der Waals surface area contributed by atoms with Crippen molar-refractivity contribution in [3.8, 4) is 0 Å². The number of amides is 4. The molecule has 0 radical (unpaired) electrons. The minimum atomic E-state index is -3.58. The Morgan fingerprint density at radius 1 is 0.250 bits per heavy atom. The van der Waals surface area contributed by atoms with Crippen LogP contribution in [-0.4, -0.2) is 124 Å². The van der Waals surface area contributed by atoms with Gasteiger partial charge in [-0.15, -0.1) is 0 Å². The van der Waals surface area contributed by atoms with E-state index >= 15 is 0 Å². The van der Waals surface area contributed by atoms with E-state index < -0.39 is 84.5 Å². The highest BCUT2D eigenvalue weighted by molar-refractivity contribution is 7.93. The summed E-state index contributed by atoms with van der Waals surface area (Å²) in [5.74, 6) is -0.351. The third-order valence-electron chi connectivity index (χ3n) is 17.8. The molecule has 4 amide bonds. The number of rotatable bonds is 20. The topological polar surface area (TPSA) is 218 Å². The number of hydrogen-bond acceptors (Lipinski definition) is 12. The lowest BCUT2D eigenvalue weighted by molar-refractivity contribution is -0.129. The molecule has 4 aliphatic rings. The molecule has 96 heavy (non-hydrogen) atoms. The molecule has 0 saturated carbocycles. The molecule has 16 nitrogen and oxygen atoms in total. The Kier molecular flexibility index (Phi) is 24.2. The van der Waals surface area contributed by atoms with E-state index in [1.54, 1.807) is 141 Å². The van der Waals surface area contributed by atoms with E-state index in [1.165, 1.54) is 0 Å². The molecule has 0 unspecified atom stereocenters. The predicted octanol–water partition coefficient (Wildman–Crippen LogP) is 12.8. The molecule has 0 aliphatic carbocycles. The van der Waals surface area contributed by atoms with Gasteiger partial charge >= 0.3 is 0 Å². The number of likely N-dealkylation sites (tertiary alicyclic amines) is 4. The van der Waals surface area contributed by atoms with Crippen LogP contribution in [0.25, 0.3) is 0 Å². The standard InChI is InChI=1S/4C19H21NO3S/c4*1-2-13-20-18(21)14-17(19(20)15-9-5-3-6-10-15)24(22,23)16-11-7-4-8-12-16/h4*3-12,17,19H,2,13-14H2,1H3/t4*17-,19+/m0000/s1. The highest BCUT2D eigenvalue weighted by atomic mass is 32.2. The molecule has 4 fully saturated rings. The smallest absolute Gasteiger partial charge is 0.224 e.